The van der Waals surface area contributed by atoms with E-state index in [0.717, 1.165) is 5.01 Å². The van der Waals surface area contributed by atoms with E-state index >= 15 is 0 Å². The van der Waals surface area contributed by atoms with Crippen LogP contribution in [-0.4, -0.2) is 40.1 Å². The predicted molar refractivity (Wildman–Crippen MR) is 60.1 cm³/mol. The summed E-state index contributed by atoms with van der Waals surface area (Å²) < 4.78 is 0. The van der Waals surface area contributed by atoms with Gasteiger partial charge in [0.05, 0.1) is 16.8 Å². The summed E-state index contributed by atoms with van der Waals surface area (Å²) in [7, 11) is 1.68. The lowest BCUT2D eigenvalue weighted by Crippen LogP contribution is -2.39. The van der Waals surface area contributed by atoms with E-state index in [4.69, 9.17) is 0 Å². The van der Waals surface area contributed by atoms with Gasteiger partial charge in [0.25, 0.3) is 5.91 Å². The Kier molecular flexibility index (Phi) is 3.46. The molecule has 0 aliphatic carbocycles. The van der Waals surface area contributed by atoms with Crippen LogP contribution >= 0.6 is 11.3 Å². The summed E-state index contributed by atoms with van der Waals surface area (Å²) in [4.78, 5) is 18.0. The SMILES string of the molecule is Cc1ncc(C(=O)N(C)CC(C)(C)O)s1. The van der Waals surface area contributed by atoms with E-state index < -0.39 is 5.60 Å². The van der Waals surface area contributed by atoms with Crippen LogP contribution in [0.5, 0.6) is 0 Å². The van der Waals surface area contributed by atoms with Gasteiger partial charge in [-0.1, -0.05) is 0 Å². The highest BCUT2D eigenvalue weighted by Gasteiger charge is 2.21. The minimum atomic E-state index is -0.871. The smallest absolute Gasteiger partial charge is 0.265 e. The molecule has 0 fully saturated rings. The van der Waals surface area contributed by atoms with E-state index in [-0.39, 0.29) is 5.91 Å². The van der Waals surface area contributed by atoms with Gasteiger partial charge in [-0.25, -0.2) is 4.98 Å². The number of aliphatic hydroxyl groups is 1. The van der Waals surface area contributed by atoms with Crippen molar-refractivity contribution in [2.75, 3.05) is 13.6 Å². The Morgan fingerprint density at radius 2 is 2.27 bits per heavy atom. The fourth-order valence-electron chi connectivity index (χ4n) is 1.30. The number of thiazole rings is 1. The molecule has 0 radical (unpaired) electrons. The molecular weight excluding hydrogens is 212 g/mol. The van der Waals surface area contributed by atoms with Crippen LogP contribution in [0.2, 0.25) is 0 Å². The zero-order valence-corrected chi connectivity index (χ0v) is 10.3. The number of rotatable bonds is 3. The molecule has 1 N–H and O–H groups in total. The van der Waals surface area contributed by atoms with Crippen molar-refractivity contribution < 1.29 is 9.90 Å². The highest BCUT2D eigenvalue weighted by atomic mass is 32.1. The first-order chi connectivity index (χ1) is 6.79. The first-order valence-electron chi connectivity index (χ1n) is 4.70. The van der Waals surface area contributed by atoms with Crippen LogP contribution in [0.3, 0.4) is 0 Å². The summed E-state index contributed by atoms with van der Waals surface area (Å²) in [5.41, 5.74) is -0.871. The van der Waals surface area contributed by atoms with Crippen molar-refractivity contribution in [1.29, 1.82) is 0 Å². The van der Waals surface area contributed by atoms with E-state index in [2.05, 4.69) is 4.98 Å². The molecular formula is C10H16N2O2S. The first-order valence-corrected chi connectivity index (χ1v) is 5.51. The molecule has 0 saturated carbocycles. The van der Waals surface area contributed by atoms with Gasteiger partial charge >= 0.3 is 0 Å². The van der Waals surface area contributed by atoms with Crippen LogP contribution in [-0.2, 0) is 0 Å². The third kappa shape index (κ3) is 3.60. The van der Waals surface area contributed by atoms with Gasteiger partial charge in [0.2, 0.25) is 0 Å². The highest BCUT2D eigenvalue weighted by Crippen LogP contribution is 2.14. The minimum Gasteiger partial charge on any atom is -0.389 e. The summed E-state index contributed by atoms with van der Waals surface area (Å²) in [5, 5.41) is 10.5. The lowest BCUT2D eigenvalue weighted by Gasteiger charge is -2.24. The molecule has 4 nitrogen and oxygen atoms in total. The number of amides is 1. The molecule has 0 spiro atoms. The standard InChI is InChI=1S/C10H16N2O2S/c1-7-11-5-8(15-7)9(13)12(4)6-10(2,3)14/h5,14H,6H2,1-4H3. The topological polar surface area (TPSA) is 53.4 Å². The molecule has 0 bridgehead atoms. The summed E-state index contributed by atoms with van der Waals surface area (Å²) in [6, 6.07) is 0. The molecule has 0 aliphatic rings. The van der Waals surface area contributed by atoms with Crippen molar-refractivity contribution in [2.24, 2.45) is 0 Å². The van der Waals surface area contributed by atoms with Gasteiger partial charge in [-0.05, 0) is 20.8 Å². The Morgan fingerprint density at radius 3 is 2.67 bits per heavy atom. The van der Waals surface area contributed by atoms with Crippen molar-refractivity contribution in [3.63, 3.8) is 0 Å². The molecule has 0 aromatic carbocycles. The molecule has 1 heterocycles. The Hall–Kier alpha value is -0.940. The number of hydrogen-bond acceptors (Lipinski definition) is 4. The quantitative estimate of drug-likeness (QED) is 0.848. The number of carbonyl (C=O) groups excluding carboxylic acids is 1. The number of aryl methyl sites for hydroxylation is 1. The molecule has 1 amide bonds. The normalized spacial score (nSPS) is 11.5. The minimum absolute atomic E-state index is 0.0947. The van der Waals surface area contributed by atoms with E-state index in [1.54, 1.807) is 27.1 Å². The molecule has 15 heavy (non-hydrogen) atoms. The van der Waals surface area contributed by atoms with E-state index in [1.165, 1.54) is 16.2 Å². The van der Waals surface area contributed by atoms with Crippen molar-refractivity contribution >= 4 is 17.2 Å². The molecule has 0 aliphatic heterocycles. The van der Waals surface area contributed by atoms with Gasteiger partial charge in [-0.2, -0.15) is 0 Å². The molecule has 1 rings (SSSR count). The fourth-order valence-corrected chi connectivity index (χ4v) is 2.07. The Morgan fingerprint density at radius 1 is 1.67 bits per heavy atom. The number of hydrogen-bond donors (Lipinski definition) is 1. The second-order valence-electron chi connectivity index (χ2n) is 4.22. The number of carbonyl (C=O) groups is 1. The maximum Gasteiger partial charge on any atom is 0.265 e. The van der Waals surface area contributed by atoms with Crippen LogP contribution in [0.1, 0.15) is 28.5 Å². The van der Waals surface area contributed by atoms with Gasteiger partial charge in [-0.15, -0.1) is 11.3 Å². The van der Waals surface area contributed by atoms with Crippen LogP contribution in [0.4, 0.5) is 0 Å². The van der Waals surface area contributed by atoms with Crippen LogP contribution < -0.4 is 0 Å². The second kappa shape index (κ2) is 4.28. The summed E-state index contributed by atoms with van der Waals surface area (Å²) in [5.74, 6) is -0.0947. The number of aromatic nitrogens is 1. The Bertz CT molecular complexity index is 355. The summed E-state index contributed by atoms with van der Waals surface area (Å²) in [6.45, 7) is 5.52. The third-order valence-electron chi connectivity index (χ3n) is 1.80. The molecule has 0 atom stereocenters. The zero-order chi connectivity index (χ0) is 11.6. The van der Waals surface area contributed by atoms with Gasteiger partial charge in [0.15, 0.2) is 0 Å². The molecule has 84 valence electrons. The van der Waals surface area contributed by atoms with Crippen molar-refractivity contribution in [3.8, 4) is 0 Å². The monoisotopic (exact) mass is 228 g/mol. The van der Waals surface area contributed by atoms with Gasteiger partial charge in [-0.3, -0.25) is 4.79 Å². The maximum absolute atomic E-state index is 11.8. The number of nitrogens with zero attached hydrogens (tertiary/aromatic N) is 2. The maximum atomic E-state index is 11.8. The van der Waals surface area contributed by atoms with E-state index in [1.807, 2.05) is 6.92 Å². The van der Waals surface area contributed by atoms with Crippen molar-refractivity contribution in [2.45, 2.75) is 26.4 Å². The number of likely N-dealkylation sites (N-methyl/N-ethyl adjacent to an activating group) is 1. The highest BCUT2D eigenvalue weighted by molar-refractivity contribution is 7.13. The first kappa shape index (κ1) is 12.1. The van der Waals surface area contributed by atoms with Gasteiger partial charge < -0.3 is 10.0 Å². The third-order valence-corrected chi connectivity index (χ3v) is 2.70. The zero-order valence-electron chi connectivity index (χ0n) is 9.44. The fraction of sp³-hybridized carbons (Fsp3) is 0.600. The van der Waals surface area contributed by atoms with Gasteiger partial charge in [0, 0.05) is 13.6 Å². The van der Waals surface area contributed by atoms with E-state index in [0.29, 0.717) is 11.4 Å². The molecule has 0 unspecified atom stereocenters. The van der Waals surface area contributed by atoms with Crippen LogP contribution in [0.15, 0.2) is 6.20 Å². The molecule has 5 heteroatoms. The summed E-state index contributed by atoms with van der Waals surface area (Å²) in [6.07, 6.45) is 1.57. The Labute approximate surface area is 93.6 Å². The second-order valence-corrected chi connectivity index (χ2v) is 5.45. The lowest BCUT2D eigenvalue weighted by molar-refractivity contribution is 0.0370. The molecule has 1 aromatic heterocycles. The average molecular weight is 228 g/mol. The van der Waals surface area contributed by atoms with Gasteiger partial charge in [0.1, 0.15) is 4.88 Å². The van der Waals surface area contributed by atoms with E-state index in [9.17, 15) is 9.90 Å². The predicted octanol–water partition coefficient (Wildman–Crippen LogP) is 1.29. The summed E-state index contributed by atoms with van der Waals surface area (Å²) >= 11 is 1.37. The largest absolute Gasteiger partial charge is 0.389 e. The van der Waals surface area contributed by atoms with Crippen LogP contribution in [0, 0.1) is 6.92 Å². The lowest BCUT2D eigenvalue weighted by atomic mass is 10.1. The van der Waals surface area contributed by atoms with Crippen molar-refractivity contribution in [3.05, 3.63) is 16.1 Å². The molecule has 1 aromatic rings. The Balaban J connectivity index is 2.69. The molecule has 0 saturated heterocycles. The van der Waals surface area contributed by atoms with Crippen molar-refractivity contribution in [1.82, 2.24) is 9.88 Å². The average Bonchev–Trinajstić information content (AvgIpc) is 2.47. The van der Waals surface area contributed by atoms with Crippen LogP contribution in [0.25, 0.3) is 0 Å².